The maximum atomic E-state index is 10.5. The molecule has 0 aromatic carbocycles. The molecule has 0 spiro atoms. The lowest BCUT2D eigenvalue weighted by molar-refractivity contribution is -0.253. The molecular formula is C11H20O2S. The van der Waals surface area contributed by atoms with Crippen molar-refractivity contribution >= 4 is 12.6 Å². The molecular weight excluding hydrogens is 196 g/mol. The van der Waals surface area contributed by atoms with E-state index >= 15 is 0 Å². The lowest BCUT2D eigenvalue weighted by atomic mass is 9.43. The zero-order valence-corrected chi connectivity index (χ0v) is 9.80. The van der Waals surface area contributed by atoms with Crippen LogP contribution < -0.4 is 0 Å². The molecule has 0 unspecified atom stereocenters. The summed E-state index contributed by atoms with van der Waals surface area (Å²) < 4.78 is 0. The van der Waals surface area contributed by atoms with Gasteiger partial charge in [-0.05, 0) is 42.3 Å². The first-order valence-electron chi connectivity index (χ1n) is 5.44. The van der Waals surface area contributed by atoms with Crippen molar-refractivity contribution in [2.24, 2.45) is 17.3 Å². The van der Waals surface area contributed by atoms with Crippen molar-refractivity contribution < 1.29 is 10.2 Å². The maximum absolute atomic E-state index is 10.5. The van der Waals surface area contributed by atoms with Gasteiger partial charge in [0.2, 0.25) is 0 Å². The number of aliphatic hydroxyl groups excluding tert-OH is 1. The number of fused-ring (bicyclic) bond motifs is 2. The largest absolute Gasteiger partial charge is 0.390 e. The Hall–Kier alpha value is 0.270. The highest BCUT2D eigenvalue weighted by Crippen LogP contribution is 2.63. The molecule has 0 aromatic heterocycles. The van der Waals surface area contributed by atoms with Crippen LogP contribution in [0.25, 0.3) is 0 Å². The van der Waals surface area contributed by atoms with Gasteiger partial charge in [0.1, 0.15) is 0 Å². The summed E-state index contributed by atoms with van der Waals surface area (Å²) in [6.07, 6.45) is 1.91. The Morgan fingerprint density at radius 2 is 2.00 bits per heavy atom. The van der Waals surface area contributed by atoms with Crippen LogP contribution in [0, 0.1) is 17.3 Å². The van der Waals surface area contributed by atoms with Crippen LogP contribution in [0.4, 0.5) is 0 Å². The van der Waals surface area contributed by atoms with Gasteiger partial charge >= 0.3 is 0 Å². The summed E-state index contributed by atoms with van der Waals surface area (Å²) in [5.74, 6) is 1.50. The van der Waals surface area contributed by atoms with Crippen LogP contribution in [-0.4, -0.2) is 27.7 Å². The Morgan fingerprint density at radius 1 is 1.36 bits per heavy atom. The van der Waals surface area contributed by atoms with E-state index in [9.17, 15) is 10.2 Å². The van der Waals surface area contributed by atoms with Gasteiger partial charge in [0.05, 0.1) is 11.7 Å². The summed E-state index contributed by atoms with van der Waals surface area (Å²) >= 11 is 4.17. The third-order valence-corrected chi connectivity index (χ3v) is 4.89. The molecule has 3 aliphatic carbocycles. The average Bonchev–Trinajstić information content (AvgIpc) is 2.09. The lowest BCUT2D eigenvalue weighted by Gasteiger charge is -2.65. The summed E-state index contributed by atoms with van der Waals surface area (Å²) in [6, 6.07) is 0. The van der Waals surface area contributed by atoms with Crippen molar-refractivity contribution in [2.75, 3.05) is 5.75 Å². The van der Waals surface area contributed by atoms with Crippen LogP contribution in [0.5, 0.6) is 0 Å². The Bertz CT molecular complexity index is 241. The SMILES string of the molecule is CC1(C)[C@@H]2C[C@H](O)[C@@](O)(CCS)[C@H]1C2. The summed E-state index contributed by atoms with van der Waals surface area (Å²) in [6.45, 7) is 4.42. The summed E-state index contributed by atoms with van der Waals surface area (Å²) in [5.41, 5.74) is -0.670. The molecule has 4 atom stereocenters. The summed E-state index contributed by atoms with van der Waals surface area (Å²) in [7, 11) is 0. The first-order valence-corrected chi connectivity index (χ1v) is 6.07. The van der Waals surface area contributed by atoms with Crippen molar-refractivity contribution in [3.8, 4) is 0 Å². The van der Waals surface area contributed by atoms with Gasteiger partial charge in [-0.25, -0.2) is 0 Å². The molecule has 3 fully saturated rings. The zero-order chi connectivity index (χ0) is 10.6. The van der Waals surface area contributed by atoms with Crippen LogP contribution in [-0.2, 0) is 0 Å². The van der Waals surface area contributed by atoms with E-state index in [2.05, 4.69) is 26.5 Å². The summed E-state index contributed by atoms with van der Waals surface area (Å²) in [4.78, 5) is 0. The molecule has 0 aromatic rings. The van der Waals surface area contributed by atoms with Gasteiger partial charge in [-0.2, -0.15) is 12.6 Å². The number of aliphatic hydroxyl groups is 2. The third kappa shape index (κ3) is 1.18. The Morgan fingerprint density at radius 3 is 2.50 bits per heavy atom. The van der Waals surface area contributed by atoms with E-state index < -0.39 is 11.7 Å². The predicted molar refractivity (Wildman–Crippen MR) is 59.4 cm³/mol. The van der Waals surface area contributed by atoms with E-state index in [1.54, 1.807) is 0 Å². The van der Waals surface area contributed by atoms with Gasteiger partial charge in [0.25, 0.3) is 0 Å². The second-order valence-electron chi connectivity index (χ2n) is 5.52. The van der Waals surface area contributed by atoms with E-state index in [-0.39, 0.29) is 11.3 Å². The molecule has 2 bridgehead atoms. The van der Waals surface area contributed by atoms with Crippen LogP contribution in [0.15, 0.2) is 0 Å². The van der Waals surface area contributed by atoms with E-state index in [1.807, 2.05) is 0 Å². The molecule has 3 aliphatic rings. The minimum Gasteiger partial charge on any atom is -0.390 e. The molecule has 14 heavy (non-hydrogen) atoms. The molecule has 2 nitrogen and oxygen atoms in total. The highest BCUT2D eigenvalue weighted by atomic mass is 32.1. The quantitative estimate of drug-likeness (QED) is 0.612. The van der Waals surface area contributed by atoms with Gasteiger partial charge in [-0.1, -0.05) is 13.8 Å². The van der Waals surface area contributed by atoms with Crippen molar-refractivity contribution in [3.05, 3.63) is 0 Å². The summed E-state index contributed by atoms with van der Waals surface area (Å²) in [5, 5.41) is 20.4. The van der Waals surface area contributed by atoms with Crippen molar-refractivity contribution in [2.45, 2.75) is 44.8 Å². The smallest absolute Gasteiger partial charge is 0.0946 e. The highest BCUT2D eigenvalue weighted by molar-refractivity contribution is 7.80. The fourth-order valence-corrected chi connectivity index (χ4v) is 3.85. The molecule has 0 amide bonds. The topological polar surface area (TPSA) is 40.5 Å². The molecule has 82 valence electrons. The van der Waals surface area contributed by atoms with Gasteiger partial charge < -0.3 is 10.2 Å². The van der Waals surface area contributed by atoms with Gasteiger partial charge in [-0.3, -0.25) is 0 Å². The van der Waals surface area contributed by atoms with E-state index in [0.717, 1.165) is 12.8 Å². The maximum Gasteiger partial charge on any atom is 0.0946 e. The Labute approximate surface area is 91.1 Å². The monoisotopic (exact) mass is 216 g/mol. The van der Waals surface area contributed by atoms with Gasteiger partial charge in [0.15, 0.2) is 0 Å². The fourth-order valence-electron chi connectivity index (χ4n) is 3.49. The van der Waals surface area contributed by atoms with E-state index in [4.69, 9.17) is 0 Å². The van der Waals surface area contributed by atoms with Crippen LogP contribution in [0.1, 0.15) is 33.1 Å². The van der Waals surface area contributed by atoms with Crippen molar-refractivity contribution in [1.29, 1.82) is 0 Å². The number of hydrogen-bond donors (Lipinski definition) is 3. The number of thiol groups is 1. The molecule has 0 saturated heterocycles. The molecule has 2 N–H and O–H groups in total. The standard InChI is InChI=1S/C11H20O2S/c1-10(2)7-5-8(10)11(13,3-4-14)9(12)6-7/h7-9,12-14H,3-6H2,1-2H3/t7-,8-,9-,11+/m0/s1. The van der Waals surface area contributed by atoms with E-state index in [0.29, 0.717) is 18.1 Å². The average molecular weight is 216 g/mol. The van der Waals surface area contributed by atoms with Crippen LogP contribution in [0.3, 0.4) is 0 Å². The minimum atomic E-state index is -0.875. The molecule has 3 rings (SSSR count). The van der Waals surface area contributed by atoms with E-state index in [1.165, 1.54) is 0 Å². The molecule has 0 aliphatic heterocycles. The van der Waals surface area contributed by atoms with Crippen molar-refractivity contribution in [1.82, 2.24) is 0 Å². The lowest BCUT2D eigenvalue weighted by Crippen LogP contribution is -2.67. The van der Waals surface area contributed by atoms with Crippen LogP contribution in [0.2, 0.25) is 0 Å². The zero-order valence-electron chi connectivity index (χ0n) is 8.90. The first-order chi connectivity index (χ1) is 6.43. The molecule has 0 heterocycles. The van der Waals surface area contributed by atoms with Gasteiger partial charge in [-0.15, -0.1) is 0 Å². The minimum absolute atomic E-state index is 0.205. The molecule has 3 heteroatoms. The normalized spacial score (nSPS) is 49.9. The van der Waals surface area contributed by atoms with Gasteiger partial charge in [0, 0.05) is 0 Å². The predicted octanol–water partition coefficient (Wildman–Crippen LogP) is 1.46. The van der Waals surface area contributed by atoms with Crippen molar-refractivity contribution in [3.63, 3.8) is 0 Å². The number of rotatable bonds is 2. The first kappa shape index (κ1) is 10.8. The fraction of sp³-hybridized carbons (Fsp3) is 1.00. The second-order valence-corrected chi connectivity index (χ2v) is 5.97. The number of hydrogen-bond acceptors (Lipinski definition) is 3. The second kappa shape index (κ2) is 3.13. The Kier molecular flexibility index (Phi) is 2.41. The Balaban J connectivity index is 2.22. The van der Waals surface area contributed by atoms with Crippen LogP contribution >= 0.6 is 12.6 Å². The third-order valence-electron chi connectivity index (χ3n) is 4.67. The molecule has 3 saturated carbocycles. The molecule has 0 radical (unpaired) electrons. The highest BCUT2D eigenvalue weighted by Gasteiger charge is 2.63.